The molecule has 0 N–H and O–H groups in total. The predicted molar refractivity (Wildman–Crippen MR) is 86.2 cm³/mol. The number of hydrogen-bond donors (Lipinski definition) is 0. The molecular formula is C17H21N5O2. The first-order chi connectivity index (χ1) is 11.6. The predicted octanol–water partition coefficient (Wildman–Crippen LogP) is 1.29. The van der Waals surface area contributed by atoms with E-state index in [9.17, 15) is 4.79 Å². The van der Waals surface area contributed by atoms with Gasteiger partial charge in [-0.15, -0.1) is 0 Å². The van der Waals surface area contributed by atoms with Crippen LogP contribution in [0.3, 0.4) is 0 Å². The molecule has 7 heteroatoms. The van der Waals surface area contributed by atoms with Gasteiger partial charge < -0.3 is 9.42 Å². The lowest BCUT2D eigenvalue weighted by Gasteiger charge is -2.21. The van der Waals surface area contributed by atoms with Crippen LogP contribution in [0.15, 0.2) is 23.1 Å². The van der Waals surface area contributed by atoms with Crippen molar-refractivity contribution in [2.24, 2.45) is 11.8 Å². The summed E-state index contributed by atoms with van der Waals surface area (Å²) in [6, 6.07) is 0. The van der Waals surface area contributed by atoms with Gasteiger partial charge in [-0.05, 0) is 25.7 Å². The fraction of sp³-hybridized carbons (Fsp3) is 0.529. The summed E-state index contributed by atoms with van der Waals surface area (Å²) in [6.45, 7) is 8.47. The van der Waals surface area contributed by atoms with Crippen LogP contribution in [0, 0.1) is 25.7 Å². The first-order valence-electron chi connectivity index (χ1n) is 8.31. The summed E-state index contributed by atoms with van der Waals surface area (Å²) < 4.78 is 5.25. The Morgan fingerprint density at radius 3 is 2.54 bits per heavy atom. The lowest BCUT2D eigenvalue weighted by molar-refractivity contribution is 0.0767. The zero-order valence-electron chi connectivity index (χ0n) is 14.0. The van der Waals surface area contributed by atoms with Crippen LogP contribution in [-0.2, 0) is 6.54 Å². The molecule has 7 nitrogen and oxygen atoms in total. The molecule has 2 aliphatic heterocycles. The van der Waals surface area contributed by atoms with E-state index in [-0.39, 0.29) is 5.91 Å². The van der Waals surface area contributed by atoms with Crippen molar-refractivity contribution in [2.75, 3.05) is 26.2 Å². The number of aromatic nitrogens is 3. The topological polar surface area (TPSA) is 75.4 Å². The summed E-state index contributed by atoms with van der Waals surface area (Å²) in [4.78, 5) is 25.0. The number of rotatable bonds is 3. The third-order valence-corrected chi connectivity index (χ3v) is 5.19. The summed E-state index contributed by atoms with van der Waals surface area (Å²) >= 11 is 0. The number of hydrogen-bond acceptors (Lipinski definition) is 6. The minimum absolute atomic E-state index is 0.00484. The van der Waals surface area contributed by atoms with Gasteiger partial charge >= 0.3 is 0 Å². The van der Waals surface area contributed by atoms with E-state index in [1.807, 2.05) is 18.7 Å². The molecule has 4 heterocycles. The smallest absolute Gasteiger partial charge is 0.274 e. The number of nitrogens with zero attached hydrogens (tertiary/aromatic N) is 5. The number of aryl methyl sites for hydroxylation is 2. The van der Waals surface area contributed by atoms with E-state index in [0.717, 1.165) is 44.2 Å². The number of carbonyl (C=O) groups excluding carboxylic acids is 1. The van der Waals surface area contributed by atoms with Crippen molar-refractivity contribution in [1.82, 2.24) is 24.9 Å². The van der Waals surface area contributed by atoms with E-state index in [0.29, 0.717) is 17.5 Å². The number of fused-ring (bicyclic) bond motifs is 1. The van der Waals surface area contributed by atoms with Gasteiger partial charge in [0.05, 0.1) is 11.9 Å². The first kappa shape index (κ1) is 15.3. The second-order valence-corrected chi connectivity index (χ2v) is 6.82. The van der Waals surface area contributed by atoms with Gasteiger partial charge in [0.2, 0.25) is 0 Å². The van der Waals surface area contributed by atoms with Crippen molar-refractivity contribution < 1.29 is 9.32 Å². The Morgan fingerprint density at radius 2 is 1.96 bits per heavy atom. The Hall–Kier alpha value is -2.28. The average Bonchev–Trinajstić information content (AvgIpc) is 3.24. The van der Waals surface area contributed by atoms with Crippen molar-refractivity contribution in [3.8, 4) is 0 Å². The van der Waals surface area contributed by atoms with E-state index < -0.39 is 0 Å². The molecule has 4 rings (SSSR count). The van der Waals surface area contributed by atoms with Crippen molar-refractivity contribution in [3.05, 3.63) is 41.3 Å². The van der Waals surface area contributed by atoms with E-state index in [2.05, 4.69) is 20.0 Å². The van der Waals surface area contributed by atoms with Gasteiger partial charge in [-0.3, -0.25) is 14.7 Å². The highest BCUT2D eigenvalue weighted by Gasteiger charge is 2.42. The molecule has 2 atom stereocenters. The minimum Gasteiger partial charge on any atom is -0.361 e. The molecular weight excluding hydrogens is 306 g/mol. The second kappa shape index (κ2) is 5.98. The van der Waals surface area contributed by atoms with Gasteiger partial charge in [0.15, 0.2) is 0 Å². The van der Waals surface area contributed by atoms with Gasteiger partial charge in [-0.25, -0.2) is 4.98 Å². The molecule has 2 fully saturated rings. The SMILES string of the molecule is Cc1noc(C)c1CN1C[C@@H]2CN(C(=O)c3cnccn3)C[C@@H]2C1. The van der Waals surface area contributed by atoms with Crippen molar-refractivity contribution in [3.63, 3.8) is 0 Å². The number of amides is 1. The van der Waals surface area contributed by atoms with Gasteiger partial charge in [0.1, 0.15) is 11.5 Å². The second-order valence-electron chi connectivity index (χ2n) is 6.82. The molecule has 2 aliphatic rings. The lowest BCUT2D eigenvalue weighted by Crippen LogP contribution is -2.33. The van der Waals surface area contributed by atoms with E-state index in [1.54, 1.807) is 18.6 Å². The first-order valence-corrected chi connectivity index (χ1v) is 8.31. The van der Waals surface area contributed by atoms with Crippen molar-refractivity contribution in [2.45, 2.75) is 20.4 Å². The highest BCUT2D eigenvalue weighted by molar-refractivity contribution is 5.92. The van der Waals surface area contributed by atoms with Crippen LogP contribution in [0.1, 0.15) is 27.5 Å². The largest absolute Gasteiger partial charge is 0.361 e. The van der Waals surface area contributed by atoms with Gasteiger partial charge in [0.25, 0.3) is 5.91 Å². The Bertz CT molecular complexity index is 711. The summed E-state index contributed by atoms with van der Waals surface area (Å²) in [5.74, 6) is 1.97. The van der Waals surface area contributed by atoms with Crippen LogP contribution in [0.5, 0.6) is 0 Å². The van der Waals surface area contributed by atoms with Crippen LogP contribution in [0.2, 0.25) is 0 Å². The molecule has 0 bridgehead atoms. The van der Waals surface area contributed by atoms with Crippen LogP contribution < -0.4 is 0 Å². The molecule has 0 aliphatic carbocycles. The van der Waals surface area contributed by atoms with Crippen LogP contribution in [-0.4, -0.2) is 57.0 Å². The fourth-order valence-electron chi connectivity index (χ4n) is 3.91. The Morgan fingerprint density at radius 1 is 1.21 bits per heavy atom. The third kappa shape index (κ3) is 2.69. The van der Waals surface area contributed by atoms with Crippen molar-refractivity contribution >= 4 is 5.91 Å². The zero-order valence-corrected chi connectivity index (χ0v) is 14.0. The summed E-state index contributed by atoms with van der Waals surface area (Å²) in [6.07, 6.45) is 4.69. The van der Waals surface area contributed by atoms with E-state index in [4.69, 9.17) is 4.52 Å². The Balaban J connectivity index is 1.38. The van der Waals surface area contributed by atoms with Gasteiger partial charge in [0, 0.05) is 50.7 Å². The van der Waals surface area contributed by atoms with Crippen molar-refractivity contribution in [1.29, 1.82) is 0 Å². The lowest BCUT2D eigenvalue weighted by atomic mass is 10.0. The monoisotopic (exact) mass is 327 g/mol. The maximum absolute atomic E-state index is 12.5. The fourth-order valence-corrected chi connectivity index (χ4v) is 3.91. The normalized spacial score (nSPS) is 23.7. The quantitative estimate of drug-likeness (QED) is 0.845. The molecule has 126 valence electrons. The number of carbonyl (C=O) groups is 1. The number of likely N-dealkylation sites (tertiary alicyclic amines) is 2. The zero-order chi connectivity index (χ0) is 16.7. The maximum atomic E-state index is 12.5. The molecule has 24 heavy (non-hydrogen) atoms. The summed E-state index contributed by atoms with van der Waals surface area (Å²) in [5.41, 5.74) is 2.61. The Kier molecular flexibility index (Phi) is 3.80. The van der Waals surface area contributed by atoms with E-state index in [1.165, 1.54) is 5.56 Å². The maximum Gasteiger partial charge on any atom is 0.274 e. The van der Waals surface area contributed by atoms with Gasteiger partial charge in [-0.1, -0.05) is 5.16 Å². The Labute approximate surface area is 140 Å². The highest BCUT2D eigenvalue weighted by Crippen LogP contribution is 2.33. The molecule has 2 aromatic rings. The van der Waals surface area contributed by atoms with Gasteiger partial charge in [-0.2, -0.15) is 0 Å². The third-order valence-electron chi connectivity index (χ3n) is 5.19. The highest BCUT2D eigenvalue weighted by atomic mass is 16.5. The molecule has 0 aromatic carbocycles. The molecule has 0 radical (unpaired) electrons. The van der Waals surface area contributed by atoms with E-state index >= 15 is 0 Å². The molecule has 0 spiro atoms. The molecule has 2 saturated heterocycles. The summed E-state index contributed by atoms with van der Waals surface area (Å²) in [5, 5.41) is 4.03. The summed E-state index contributed by atoms with van der Waals surface area (Å²) in [7, 11) is 0. The molecule has 0 saturated carbocycles. The molecule has 2 aromatic heterocycles. The minimum atomic E-state index is -0.00484. The molecule has 1 amide bonds. The molecule has 0 unspecified atom stereocenters. The standard InChI is InChI=1S/C17H21N5O2/c1-11-15(12(2)24-20-11)10-21-6-13-8-22(9-14(13)7-21)17(23)16-5-18-3-4-19-16/h3-5,13-14H,6-10H2,1-2H3/t13-,14+. The van der Waals surface area contributed by atoms with Crippen LogP contribution in [0.25, 0.3) is 0 Å². The van der Waals surface area contributed by atoms with Crippen LogP contribution >= 0.6 is 0 Å². The van der Waals surface area contributed by atoms with Crippen LogP contribution in [0.4, 0.5) is 0 Å². The average molecular weight is 327 g/mol.